The minimum atomic E-state index is 0.284. The minimum absolute atomic E-state index is 0.284. The molecule has 3 heterocycles. The second-order valence-electron chi connectivity index (χ2n) is 5.63. The summed E-state index contributed by atoms with van der Waals surface area (Å²) in [5.41, 5.74) is 8.34. The topological polar surface area (TPSA) is 94.0 Å². The van der Waals surface area contributed by atoms with E-state index in [0.717, 1.165) is 36.3 Å². The lowest BCUT2D eigenvalue weighted by Crippen LogP contribution is -2.21. The molecule has 1 aliphatic rings. The molecule has 7 heteroatoms. The molecule has 3 N–H and O–H groups in total. The third-order valence-corrected chi connectivity index (χ3v) is 3.98. The van der Waals surface area contributed by atoms with Gasteiger partial charge in [-0.15, -0.1) is 0 Å². The molecule has 1 fully saturated rings. The molecule has 0 unspecified atom stereocenters. The summed E-state index contributed by atoms with van der Waals surface area (Å²) < 4.78 is 1.73. The van der Waals surface area contributed by atoms with Crippen molar-refractivity contribution < 1.29 is 0 Å². The molecule has 0 saturated heterocycles. The van der Waals surface area contributed by atoms with Gasteiger partial charge in [0, 0.05) is 30.5 Å². The summed E-state index contributed by atoms with van der Waals surface area (Å²) in [4.78, 5) is 13.4. The summed E-state index contributed by atoms with van der Waals surface area (Å²) in [7, 11) is 0. The standard InChI is InChI=1S/C15H17N7/c16-10-1-2-11(9-10)19-15-17-6-3-12(21-15)13-5-8-22-14(20-13)4-7-18-22/h3-8,10-11H,1-2,9,16H2,(H,17,19,21)/t10-,11+/m0/s1. The van der Waals surface area contributed by atoms with Crippen molar-refractivity contribution in [2.75, 3.05) is 5.32 Å². The number of hydrogen-bond donors (Lipinski definition) is 2. The number of nitrogens with two attached hydrogens (primary N) is 1. The number of rotatable bonds is 3. The van der Waals surface area contributed by atoms with Gasteiger partial charge in [0.05, 0.1) is 17.6 Å². The molecule has 0 aliphatic heterocycles. The second-order valence-corrected chi connectivity index (χ2v) is 5.63. The van der Waals surface area contributed by atoms with Gasteiger partial charge >= 0.3 is 0 Å². The lowest BCUT2D eigenvalue weighted by Gasteiger charge is -2.12. The maximum Gasteiger partial charge on any atom is 0.223 e. The Kier molecular flexibility index (Phi) is 3.19. The van der Waals surface area contributed by atoms with E-state index in [1.807, 2.05) is 24.4 Å². The van der Waals surface area contributed by atoms with E-state index in [-0.39, 0.29) is 6.04 Å². The molecule has 22 heavy (non-hydrogen) atoms. The van der Waals surface area contributed by atoms with E-state index in [4.69, 9.17) is 5.73 Å². The van der Waals surface area contributed by atoms with Crippen molar-refractivity contribution >= 4 is 11.6 Å². The lowest BCUT2D eigenvalue weighted by molar-refractivity contribution is 0.685. The first-order valence-corrected chi connectivity index (χ1v) is 7.44. The Morgan fingerprint density at radius 3 is 2.86 bits per heavy atom. The van der Waals surface area contributed by atoms with Gasteiger partial charge in [-0.1, -0.05) is 0 Å². The fraction of sp³-hybridized carbons (Fsp3) is 0.333. The maximum atomic E-state index is 5.94. The van der Waals surface area contributed by atoms with Gasteiger partial charge in [-0.3, -0.25) is 0 Å². The van der Waals surface area contributed by atoms with Crippen LogP contribution in [-0.2, 0) is 0 Å². The number of nitrogens with zero attached hydrogens (tertiary/aromatic N) is 5. The van der Waals surface area contributed by atoms with E-state index in [2.05, 4.69) is 25.4 Å². The molecular weight excluding hydrogens is 278 g/mol. The van der Waals surface area contributed by atoms with E-state index in [1.54, 1.807) is 16.9 Å². The van der Waals surface area contributed by atoms with Gasteiger partial charge in [0.25, 0.3) is 0 Å². The van der Waals surface area contributed by atoms with Crippen LogP contribution >= 0.6 is 0 Å². The smallest absolute Gasteiger partial charge is 0.223 e. The molecule has 0 amide bonds. The average molecular weight is 295 g/mol. The van der Waals surface area contributed by atoms with Crippen LogP contribution in [0.2, 0.25) is 0 Å². The quantitative estimate of drug-likeness (QED) is 0.760. The molecule has 1 saturated carbocycles. The predicted octanol–water partition coefficient (Wildman–Crippen LogP) is 1.48. The zero-order valence-electron chi connectivity index (χ0n) is 12.1. The highest BCUT2D eigenvalue weighted by molar-refractivity contribution is 5.58. The summed E-state index contributed by atoms with van der Waals surface area (Å²) >= 11 is 0. The van der Waals surface area contributed by atoms with Gasteiger partial charge < -0.3 is 11.1 Å². The Labute approximate surface area is 127 Å². The number of anilines is 1. The van der Waals surface area contributed by atoms with Crippen molar-refractivity contribution in [3.8, 4) is 11.4 Å². The van der Waals surface area contributed by atoms with E-state index >= 15 is 0 Å². The zero-order valence-corrected chi connectivity index (χ0v) is 12.1. The van der Waals surface area contributed by atoms with Crippen LogP contribution in [-0.4, -0.2) is 36.6 Å². The van der Waals surface area contributed by atoms with Gasteiger partial charge in [0.1, 0.15) is 0 Å². The maximum absolute atomic E-state index is 5.94. The number of nitrogens with one attached hydrogen (secondary N) is 1. The molecule has 0 radical (unpaired) electrons. The Morgan fingerprint density at radius 2 is 2.00 bits per heavy atom. The Morgan fingerprint density at radius 1 is 1.09 bits per heavy atom. The molecule has 0 spiro atoms. The summed E-state index contributed by atoms with van der Waals surface area (Å²) in [5.74, 6) is 0.631. The fourth-order valence-corrected chi connectivity index (χ4v) is 2.86. The number of aromatic nitrogens is 5. The van der Waals surface area contributed by atoms with Crippen molar-refractivity contribution in [2.24, 2.45) is 5.73 Å². The van der Waals surface area contributed by atoms with Crippen LogP contribution in [0.1, 0.15) is 19.3 Å². The minimum Gasteiger partial charge on any atom is -0.351 e. The van der Waals surface area contributed by atoms with Gasteiger partial charge in [0.15, 0.2) is 5.65 Å². The Balaban J connectivity index is 1.60. The van der Waals surface area contributed by atoms with Crippen LogP contribution in [0, 0.1) is 0 Å². The van der Waals surface area contributed by atoms with Crippen LogP contribution in [0.15, 0.2) is 36.8 Å². The highest BCUT2D eigenvalue weighted by atomic mass is 15.2. The second kappa shape index (κ2) is 5.34. The van der Waals surface area contributed by atoms with Crippen LogP contribution in [0.25, 0.3) is 17.0 Å². The van der Waals surface area contributed by atoms with Crippen molar-refractivity contribution in [1.29, 1.82) is 0 Å². The first kappa shape index (κ1) is 13.1. The summed E-state index contributed by atoms with van der Waals surface area (Å²) in [6.07, 6.45) is 8.44. The van der Waals surface area contributed by atoms with Crippen molar-refractivity contribution in [3.05, 3.63) is 36.8 Å². The van der Waals surface area contributed by atoms with Crippen LogP contribution < -0.4 is 11.1 Å². The molecule has 2 atom stereocenters. The van der Waals surface area contributed by atoms with Crippen molar-refractivity contribution in [2.45, 2.75) is 31.3 Å². The Hall–Kier alpha value is -2.54. The molecule has 4 rings (SSSR count). The molecule has 0 aromatic carbocycles. The van der Waals surface area contributed by atoms with Crippen LogP contribution in [0.5, 0.6) is 0 Å². The average Bonchev–Trinajstić information content (AvgIpc) is 3.15. The molecule has 3 aromatic rings. The van der Waals surface area contributed by atoms with Crippen LogP contribution in [0.4, 0.5) is 5.95 Å². The van der Waals surface area contributed by atoms with Crippen molar-refractivity contribution in [3.63, 3.8) is 0 Å². The van der Waals surface area contributed by atoms with E-state index < -0.39 is 0 Å². The molecule has 0 bridgehead atoms. The van der Waals surface area contributed by atoms with Gasteiger partial charge in [-0.25, -0.2) is 19.5 Å². The fourth-order valence-electron chi connectivity index (χ4n) is 2.86. The predicted molar refractivity (Wildman–Crippen MR) is 83.3 cm³/mol. The largest absolute Gasteiger partial charge is 0.351 e. The van der Waals surface area contributed by atoms with Gasteiger partial charge in [-0.05, 0) is 31.4 Å². The number of hydrogen-bond acceptors (Lipinski definition) is 6. The molecule has 112 valence electrons. The molecular formula is C15H17N7. The zero-order chi connectivity index (χ0) is 14.9. The lowest BCUT2D eigenvalue weighted by atomic mass is 10.2. The SMILES string of the molecule is N[C@H]1CC[C@@H](Nc2nccc(-c3ccn4nccc4n3)n2)C1. The third kappa shape index (κ3) is 2.50. The first-order valence-electron chi connectivity index (χ1n) is 7.44. The Bertz CT molecular complexity index is 797. The van der Waals surface area contributed by atoms with E-state index in [0.29, 0.717) is 12.0 Å². The third-order valence-electron chi connectivity index (χ3n) is 3.98. The van der Waals surface area contributed by atoms with E-state index in [1.165, 1.54) is 0 Å². The van der Waals surface area contributed by atoms with Crippen LogP contribution in [0.3, 0.4) is 0 Å². The summed E-state index contributed by atoms with van der Waals surface area (Å²) in [6.45, 7) is 0. The normalized spacial score (nSPS) is 21.3. The van der Waals surface area contributed by atoms with Gasteiger partial charge in [-0.2, -0.15) is 5.10 Å². The summed E-state index contributed by atoms with van der Waals surface area (Å²) in [5, 5.41) is 7.51. The highest BCUT2D eigenvalue weighted by Gasteiger charge is 2.22. The first-order chi connectivity index (χ1) is 10.8. The number of fused-ring (bicyclic) bond motifs is 1. The molecule has 3 aromatic heterocycles. The summed E-state index contributed by atoms with van der Waals surface area (Å²) in [6, 6.07) is 6.27. The van der Waals surface area contributed by atoms with E-state index in [9.17, 15) is 0 Å². The van der Waals surface area contributed by atoms with Crippen molar-refractivity contribution in [1.82, 2.24) is 24.6 Å². The molecule has 1 aliphatic carbocycles. The molecule has 7 nitrogen and oxygen atoms in total. The van der Waals surface area contributed by atoms with Gasteiger partial charge in [0.2, 0.25) is 5.95 Å². The highest BCUT2D eigenvalue weighted by Crippen LogP contribution is 2.21. The monoisotopic (exact) mass is 295 g/mol.